The highest BCUT2D eigenvalue weighted by molar-refractivity contribution is 9.10. The van der Waals surface area contributed by atoms with Crippen LogP contribution in [0.25, 0.3) is 0 Å². The molecule has 0 aliphatic heterocycles. The van der Waals surface area contributed by atoms with E-state index in [4.69, 9.17) is 9.47 Å². The van der Waals surface area contributed by atoms with Crippen molar-refractivity contribution in [3.05, 3.63) is 34.3 Å². The third-order valence-corrected chi connectivity index (χ3v) is 6.80. The van der Waals surface area contributed by atoms with Gasteiger partial charge in [-0.15, -0.1) is 0 Å². The summed E-state index contributed by atoms with van der Waals surface area (Å²) >= 11 is 3.43. The predicted molar refractivity (Wildman–Crippen MR) is 107 cm³/mol. The number of hydrogen-bond donors (Lipinski definition) is 0. The summed E-state index contributed by atoms with van der Waals surface area (Å²) in [4.78, 5) is 24.9. The molecule has 2 bridgehead atoms. The van der Waals surface area contributed by atoms with Crippen LogP contribution in [0.15, 0.2) is 28.7 Å². The maximum Gasteiger partial charge on any atom is 0.310 e. The molecule has 4 nitrogen and oxygen atoms in total. The summed E-state index contributed by atoms with van der Waals surface area (Å²) in [6.45, 7) is 7.75. The number of carbonyl (C=O) groups is 2. The monoisotopic (exact) mass is 436 g/mol. The van der Waals surface area contributed by atoms with Crippen LogP contribution in [0.1, 0.15) is 58.9 Å². The maximum absolute atomic E-state index is 12.8. The van der Waals surface area contributed by atoms with E-state index in [0.29, 0.717) is 0 Å². The molecule has 5 unspecified atom stereocenters. The Kier molecular flexibility index (Phi) is 5.99. The van der Waals surface area contributed by atoms with Crippen LogP contribution in [0.3, 0.4) is 0 Å². The quantitative estimate of drug-likeness (QED) is 0.572. The standard InChI is InChI=1S/C22H29BrO4/c1-5-13(2)20(24)26-19-12-14-10-15(19)11-18(14)21(25)27-22(3,4)16-6-8-17(23)9-7-16/h6-9,13-15,18-19H,5,10-12H2,1-4H3. The number of carbonyl (C=O) groups excluding carboxylic acids is 2. The number of fused-ring (bicyclic) bond motifs is 2. The van der Waals surface area contributed by atoms with Crippen LogP contribution in [0.4, 0.5) is 0 Å². The number of halogens is 1. The molecular formula is C22H29BrO4. The van der Waals surface area contributed by atoms with E-state index < -0.39 is 5.60 Å². The van der Waals surface area contributed by atoms with E-state index in [-0.39, 0.29) is 41.7 Å². The molecule has 0 radical (unpaired) electrons. The minimum Gasteiger partial charge on any atom is -0.462 e. The van der Waals surface area contributed by atoms with Crippen LogP contribution in [-0.2, 0) is 24.7 Å². The molecule has 3 rings (SSSR count). The van der Waals surface area contributed by atoms with E-state index in [1.165, 1.54) is 0 Å². The highest BCUT2D eigenvalue weighted by Gasteiger charge is 2.51. The summed E-state index contributed by atoms with van der Waals surface area (Å²) in [5.74, 6) is 0.182. The molecule has 148 valence electrons. The minimum absolute atomic E-state index is 0.0277. The van der Waals surface area contributed by atoms with Crippen LogP contribution in [-0.4, -0.2) is 18.0 Å². The Morgan fingerprint density at radius 2 is 1.81 bits per heavy atom. The van der Waals surface area contributed by atoms with Crippen molar-refractivity contribution < 1.29 is 19.1 Å². The molecule has 1 aromatic rings. The summed E-state index contributed by atoms with van der Waals surface area (Å²) in [5.41, 5.74) is 0.310. The van der Waals surface area contributed by atoms with Gasteiger partial charge in [0.05, 0.1) is 11.8 Å². The Hall–Kier alpha value is -1.36. The lowest BCUT2D eigenvalue weighted by Crippen LogP contribution is -2.35. The van der Waals surface area contributed by atoms with Gasteiger partial charge < -0.3 is 9.47 Å². The normalized spacial score (nSPS) is 28.0. The molecule has 2 saturated carbocycles. The number of hydrogen-bond acceptors (Lipinski definition) is 4. The fourth-order valence-corrected chi connectivity index (χ4v) is 4.59. The van der Waals surface area contributed by atoms with E-state index >= 15 is 0 Å². The van der Waals surface area contributed by atoms with Gasteiger partial charge in [-0.25, -0.2) is 0 Å². The largest absolute Gasteiger partial charge is 0.462 e. The van der Waals surface area contributed by atoms with Gasteiger partial charge in [-0.3, -0.25) is 9.59 Å². The van der Waals surface area contributed by atoms with Crippen LogP contribution >= 0.6 is 15.9 Å². The zero-order valence-electron chi connectivity index (χ0n) is 16.5. The first-order chi connectivity index (χ1) is 12.7. The Labute approximate surface area is 170 Å². The molecule has 5 atom stereocenters. The summed E-state index contributed by atoms with van der Waals surface area (Å²) in [6, 6.07) is 7.86. The van der Waals surface area contributed by atoms with Crippen molar-refractivity contribution in [3.8, 4) is 0 Å². The third-order valence-electron chi connectivity index (χ3n) is 6.27. The summed E-state index contributed by atoms with van der Waals surface area (Å²) in [6.07, 6.45) is 3.26. The fourth-order valence-electron chi connectivity index (χ4n) is 4.33. The Bertz CT molecular complexity index is 697. The molecule has 2 fully saturated rings. The third kappa shape index (κ3) is 4.39. The van der Waals surface area contributed by atoms with Crippen LogP contribution in [0.5, 0.6) is 0 Å². The van der Waals surface area contributed by atoms with Crippen molar-refractivity contribution >= 4 is 27.9 Å². The Morgan fingerprint density at radius 3 is 2.37 bits per heavy atom. The maximum atomic E-state index is 12.8. The van der Waals surface area contributed by atoms with E-state index in [1.807, 2.05) is 52.0 Å². The second-order valence-corrected chi connectivity index (χ2v) is 9.47. The summed E-state index contributed by atoms with van der Waals surface area (Å²) in [7, 11) is 0. The average Bonchev–Trinajstić information content (AvgIpc) is 3.21. The molecule has 2 aliphatic carbocycles. The van der Waals surface area contributed by atoms with Crippen molar-refractivity contribution in [3.63, 3.8) is 0 Å². The van der Waals surface area contributed by atoms with Crippen LogP contribution in [0, 0.1) is 23.7 Å². The molecule has 0 spiro atoms. The molecule has 1 aromatic carbocycles. The van der Waals surface area contributed by atoms with E-state index in [2.05, 4.69) is 15.9 Å². The second kappa shape index (κ2) is 7.94. The lowest BCUT2D eigenvalue weighted by Gasteiger charge is -2.31. The zero-order chi connectivity index (χ0) is 19.8. The summed E-state index contributed by atoms with van der Waals surface area (Å²) < 4.78 is 12.6. The highest BCUT2D eigenvalue weighted by Crippen LogP contribution is 2.50. The van der Waals surface area contributed by atoms with Gasteiger partial charge in [0.15, 0.2) is 0 Å². The fraction of sp³-hybridized carbons (Fsp3) is 0.636. The van der Waals surface area contributed by atoms with Gasteiger partial charge in [-0.2, -0.15) is 0 Å². The molecule has 0 N–H and O–H groups in total. The van der Waals surface area contributed by atoms with E-state index in [0.717, 1.165) is 35.7 Å². The van der Waals surface area contributed by atoms with Crippen molar-refractivity contribution in [2.75, 3.05) is 0 Å². The smallest absolute Gasteiger partial charge is 0.310 e. The minimum atomic E-state index is -0.665. The van der Waals surface area contributed by atoms with Crippen molar-refractivity contribution in [2.45, 2.75) is 65.1 Å². The van der Waals surface area contributed by atoms with Gasteiger partial charge in [0.2, 0.25) is 0 Å². The predicted octanol–water partition coefficient (Wildman–Crippen LogP) is 5.23. The van der Waals surface area contributed by atoms with E-state index in [9.17, 15) is 9.59 Å². The molecular weight excluding hydrogens is 408 g/mol. The summed E-state index contributed by atoms with van der Waals surface area (Å²) in [5, 5.41) is 0. The lowest BCUT2D eigenvalue weighted by molar-refractivity contribution is -0.166. The Balaban J connectivity index is 1.57. The molecule has 0 amide bonds. The second-order valence-electron chi connectivity index (χ2n) is 8.56. The van der Waals surface area contributed by atoms with Gasteiger partial charge in [0, 0.05) is 4.47 Å². The van der Waals surface area contributed by atoms with Gasteiger partial charge in [-0.1, -0.05) is 41.9 Å². The first-order valence-electron chi connectivity index (χ1n) is 9.90. The number of ether oxygens (including phenoxy) is 2. The number of esters is 2. The molecule has 2 aliphatic rings. The molecule has 0 saturated heterocycles. The van der Waals surface area contributed by atoms with Gasteiger partial charge in [0.25, 0.3) is 0 Å². The topological polar surface area (TPSA) is 52.6 Å². The Morgan fingerprint density at radius 1 is 1.15 bits per heavy atom. The van der Waals surface area contributed by atoms with Crippen molar-refractivity contribution in [2.24, 2.45) is 23.7 Å². The van der Waals surface area contributed by atoms with Gasteiger partial charge in [0.1, 0.15) is 11.7 Å². The average molecular weight is 437 g/mol. The first kappa shape index (κ1) is 20.4. The van der Waals surface area contributed by atoms with Gasteiger partial charge in [-0.05, 0) is 69.1 Å². The number of benzene rings is 1. The highest BCUT2D eigenvalue weighted by atomic mass is 79.9. The molecule has 0 aromatic heterocycles. The molecule has 27 heavy (non-hydrogen) atoms. The van der Waals surface area contributed by atoms with Crippen molar-refractivity contribution in [1.29, 1.82) is 0 Å². The zero-order valence-corrected chi connectivity index (χ0v) is 18.1. The van der Waals surface area contributed by atoms with Gasteiger partial charge >= 0.3 is 11.9 Å². The molecule has 0 heterocycles. The van der Waals surface area contributed by atoms with Crippen LogP contribution < -0.4 is 0 Å². The van der Waals surface area contributed by atoms with Crippen molar-refractivity contribution in [1.82, 2.24) is 0 Å². The van der Waals surface area contributed by atoms with E-state index in [1.54, 1.807) is 0 Å². The van der Waals surface area contributed by atoms with Crippen LogP contribution in [0.2, 0.25) is 0 Å². The number of rotatable bonds is 6. The molecule has 5 heteroatoms. The SMILES string of the molecule is CCC(C)C(=O)OC1CC2CC1CC2C(=O)OC(C)(C)c1ccc(Br)cc1. The first-order valence-corrected chi connectivity index (χ1v) is 10.7. The lowest BCUT2D eigenvalue weighted by atomic mass is 9.86.